The van der Waals surface area contributed by atoms with Crippen molar-refractivity contribution < 1.29 is 4.74 Å². The molecule has 0 unspecified atom stereocenters. The molecule has 3 aromatic rings. The van der Waals surface area contributed by atoms with E-state index in [1.807, 2.05) is 19.1 Å². The minimum absolute atomic E-state index is 0.0437. The van der Waals surface area contributed by atoms with Gasteiger partial charge in [0.05, 0.1) is 29.9 Å². The Kier molecular flexibility index (Phi) is 2.38. The lowest BCUT2D eigenvalue weighted by Crippen LogP contribution is -2.19. The van der Waals surface area contributed by atoms with Gasteiger partial charge in [0.15, 0.2) is 0 Å². The van der Waals surface area contributed by atoms with Crippen LogP contribution in [0, 0.1) is 6.92 Å². The van der Waals surface area contributed by atoms with Crippen LogP contribution in [0.3, 0.4) is 0 Å². The Morgan fingerprint density at radius 3 is 2.63 bits per heavy atom. The first-order valence-electron chi connectivity index (χ1n) is 6.03. The zero-order chi connectivity index (χ0) is 13.7. The van der Waals surface area contributed by atoms with Crippen molar-refractivity contribution in [3.8, 4) is 5.75 Å². The monoisotopic (exact) mass is 257 g/mol. The Hall–Kier alpha value is -2.30. The number of fused-ring (bicyclic) bond motifs is 3. The van der Waals surface area contributed by atoms with Crippen LogP contribution < -0.4 is 10.4 Å². The van der Waals surface area contributed by atoms with Crippen molar-refractivity contribution in [2.75, 3.05) is 7.11 Å². The van der Waals surface area contributed by atoms with Gasteiger partial charge in [0.1, 0.15) is 5.75 Å². The second-order valence-corrected chi connectivity index (χ2v) is 4.73. The topological polar surface area (TPSA) is 49.1 Å². The molecule has 98 valence electrons. The second kappa shape index (κ2) is 3.85. The summed E-state index contributed by atoms with van der Waals surface area (Å²) in [4.78, 5) is 16.4. The standard InChI is InChI=1S/C14H15N3O2/c1-8-5-9-10(6-12(8)19-4)15-7-11-13(9)17(3)14(18)16(11)2/h5-7H,1-4H3. The number of benzene rings is 1. The fraction of sp³-hybridized carbons (Fsp3) is 0.286. The van der Waals surface area contributed by atoms with Gasteiger partial charge in [-0.25, -0.2) is 4.79 Å². The predicted octanol–water partition coefficient (Wildman–Crippen LogP) is 1.74. The Morgan fingerprint density at radius 1 is 1.21 bits per heavy atom. The van der Waals surface area contributed by atoms with Crippen LogP contribution in [0.25, 0.3) is 21.9 Å². The highest BCUT2D eigenvalue weighted by molar-refractivity contribution is 6.03. The minimum atomic E-state index is -0.0437. The smallest absolute Gasteiger partial charge is 0.328 e. The van der Waals surface area contributed by atoms with Gasteiger partial charge < -0.3 is 4.74 Å². The molecule has 0 spiro atoms. The van der Waals surface area contributed by atoms with E-state index in [4.69, 9.17) is 4.74 Å². The number of aryl methyl sites for hydroxylation is 3. The van der Waals surface area contributed by atoms with Gasteiger partial charge in [-0.2, -0.15) is 0 Å². The zero-order valence-corrected chi connectivity index (χ0v) is 11.4. The van der Waals surface area contributed by atoms with Crippen LogP contribution in [0.1, 0.15) is 5.56 Å². The maximum atomic E-state index is 12.0. The summed E-state index contributed by atoms with van der Waals surface area (Å²) in [6, 6.07) is 3.92. The molecule has 5 heteroatoms. The molecule has 0 aliphatic heterocycles. The molecule has 0 saturated carbocycles. The highest BCUT2D eigenvalue weighted by Crippen LogP contribution is 2.28. The third-order valence-electron chi connectivity index (χ3n) is 3.61. The molecule has 0 amide bonds. The van der Waals surface area contributed by atoms with E-state index >= 15 is 0 Å². The summed E-state index contributed by atoms with van der Waals surface area (Å²) in [5.41, 5.74) is 3.56. The van der Waals surface area contributed by atoms with Crippen molar-refractivity contribution in [3.05, 3.63) is 34.4 Å². The van der Waals surface area contributed by atoms with E-state index in [9.17, 15) is 4.79 Å². The van der Waals surface area contributed by atoms with Gasteiger partial charge in [0, 0.05) is 25.5 Å². The third-order valence-corrected chi connectivity index (χ3v) is 3.61. The number of rotatable bonds is 1. The van der Waals surface area contributed by atoms with E-state index in [1.165, 1.54) is 0 Å². The zero-order valence-electron chi connectivity index (χ0n) is 11.4. The molecule has 0 atom stereocenters. The number of hydrogen-bond acceptors (Lipinski definition) is 3. The summed E-state index contributed by atoms with van der Waals surface area (Å²) in [6.07, 6.45) is 1.73. The molecule has 5 nitrogen and oxygen atoms in total. The van der Waals surface area contributed by atoms with Crippen LogP contribution in [-0.2, 0) is 14.1 Å². The highest BCUT2D eigenvalue weighted by Gasteiger charge is 2.13. The van der Waals surface area contributed by atoms with Crippen molar-refractivity contribution >= 4 is 21.9 Å². The maximum absolute atomic E-state index is 12.0. The van der Waals surface area contributed by atoms with Crippen molar-refractivity contribution in [1.82, 2.24) is 14.1 Å². The number of hydrogen-bond donors (Lipinski definition) is 0. The largest absolute Gasteiger partial charge is 0.496 e. The molecule has 0 aliphatic rings. The Labute approximate surface area is 110 Å². The molecular weight excluding hydrogens is 242 g/mol. The molecule has 0 N–H and O–H groups in total. The second-order valence-electron chi connectivity index (χ2n) is 4.73. The van der Waals surface area contributed by atoms with Crippen LogP contribution in [-0.4, -0.2) is 21.2 Å². The summed E-state index contributed by atoms with van der Waals surface area (Å²) in [6.45, 7) is 1.98. The van der Waals surface area contributed by atoms with Crippen LogP contribution in [0.4, 0.5) is 0 Å². The maximum Gasteiger partial charge on any atom is 0.328 e. The van der Waals surface area contributed by atoms with Crippen LogP contribution >= 0.6 is 0 Å². The van der Waals surface area contributed by atoms with Crippen molar-refractivity contribution in [3.63, 3.8) is 0 Å². The first-order chi connectivity index (χ1) is 9.04. The molecule has 0 saturated heterocycles. The summed E-state index contributed by atoms with van der Waals surface area (Å²) in [5, 5.41) is 0.969. The summed E-state index contributed by atoms with van der Waals surface area (Å²) < 4.78 is 8.58. The molecule has 3 rings (SSSR count). The number of imidazole rings is 1. The quantitative estimate of drug-likeness (QED) is 0.667. The summed E-state index contributed by atoms with van der Waals surface area (Å²) in [5.74, 6) is 0.806. The molecule has 0 aliphatic carbocycles. The van der Waals surface area contributed by atoms with Crippen molar-refractivity contribution in [2.45, 2.75) is 6.92 Å². The fourth-order valence-electron chi connectivity index (χ4n) is 2.55. The average molecular weight is 257 g/mol. The Balaban J connectivity index is 2.57. The van der Waals surface area contributed by atoms with Gasteiger partial charge in [-0.3, -0.25) is 14.1 Å². The first-order valence-corrected chi connectivity index (χ1v) is 6.03. The molecule has 2 aromatic heterocycles. The van der Waals surface area contributed by atoms with Gasteiger partial charge >= 0.3 is 5.69 Å². The van der Waals surface area contributed by atoms with Gasteiger partial charge in [-0.1, -0.05) is 0 Å². The predicted molar refractivity (Wildman–Crippen MR) is 74.8 cm³/mol. The minimum Gasteiger partial charge on any atom is -0.496 e. The van der Waals surface area contributed by atoms with Gasteiger partial charge in [0.25, 0.3) is 0 Å². The lowest BCUT2D eigenvalue weighted by molar-refractivity contribution is 0.412. The molecule has 19 heavy (non-hydrogen) atoms. The van der Waals surface area contributed by atoms with Crippen LogP contribution in [0.5, 0.6) is 5.75 Å². The van der Waals surface area contributed by atoms with Crippen LogP contribution in [0.2, 0.25) is 0 Å². The van der Waals surface area contributed by atoms with E-state index in [0.29, 0.717) is 0 Å². The lowest BCUT2D eigenvalue weighted by Gasteiger charge is -2.07. The van der Waals surface area contributed by atoms with Gasteiger partial charge in [0.2, 0.25) is 0 Å². The van der Waals surface area contributed by atoms with E-state index in [0.717, 1.165) is 33.2 Å². The Morgan fingerprint density at radius 2 is 1.95 bits per heavy atom. The van der Waals surface area contributed by atoms with Crippen molar-refractivity contribution in [1.29, 1.82) is 0 Å². The van der Waals surface area contributed by atoms with E-state index in [2.05, 4.69) is 4.98 Å². The van der Waals surface area contributed by atoms with Gasteiger partial charge in [-0.05, 0) is 18.6 Å². The number of aromatic nitrogens is 3. The molecule has 0 bridgehead atoms. The summed E-state index contributed by atoms with van der Waals surface area (Å²) >= 11 is 0. The SMILES string of the molecule is COc1cc2ncc3c(c2cc1C)n(C)c(=O)n3C. The Bertz CT molecular complexity index is 859. The molecule has 0 fully saturated rings. The molecule has 2 heterocycles. The molecular formula is C14H15N3O2. The highest BCUT2D eigenvalue weighted by atomic mass is 16.5. The molecule has 0 radical (unpaired) electrons. The van der Waals surface area contributed by atoms with Crippen LogP contribution in [0.15, 0.2) is 23.1 Å². The number of methoxy groups -OCH3 is 1. The van der Waals surface area contributed by atoms with Crippen molar-refractivity contribution in [2.24, 2.45) is 14.1 Å². The van der Waals surface area contributed by atoms with E-state index < -0.39 is 0 Å². The average Bonchev–Trinajstić information content (AvgIpc) is 2.63. The first kappa shape index (κ1) is 11.8. The van der Waals surface area contributed by atoms with Gasteiger partial charge in [-0.15, -0.1) is 0 Å². The molecule has 1 aromatic carbocycles. The van der Waals surface area contributed by atoms with E-state index in [-0.39, 0.29) is 5.69 Å². The third kappa shape index (κ3) is 1.47. The lowest BCUT2D eigenvalue weighted by atomic mass is 10.1. The number of ether oxygens (including phenoxy) is 1. The number of pyridine rings is 1. The normalized spacial score (nSPS) is 11.4. The fourth-order valence-corrected chi connectivity index (χ4v) is 2.55. The number of nitrogens with zero attached hydrogens (tertiary/aromatic N) is 3. The van der Waals surface area contributed by atoms with E-state index in [1.54, 1.807) is 36.5 Å². The summed E-state index contributed by atoms with van der Waals surface area (Å²) in [7, 11) is 5.18.